The lowest BCUT2D eigenvalue weighted by molar-refractivity contribution is -0.384. The van der Waals surface area contributed by atoms with Crippen LogP contribution in [-0.2, 0) is 14.3 Å². The van der Waals surface area contributed by atoms with E-state index in [0.717, 1.165) is 12.0 Å². The van der Waals surface area contributed by atoms with Crippen LogP contribution in [0.4, 0.5) is 5.69 Å². The van der Waals surface area contributed by atoms with Crippen molar-refractivity contribution in [2.24, 2.45) is 16.7 Å². The predicted molar refractivity (Wildman–Crippen MR) is 107 cm³/mol. The monoisotopic (exact) mass is 431 g/mol. The minimum Gasteiger partial charge on any atom is -0.458 e. The number of benzene rings is 1. The molecule has 0 amide bonds. The Hall–Kier alpha value is -2.78. The topological polar surface area (TPSA) is 136 Å². The Morgan fingerprint density at radius 2 is 1.97 bits per heavy atom. The van der Waals surface area contributed by atoms with E-state index in [1.807, 2.05) is 13.8 Å². The molecule has 9 heteroatoms. The van der Waals surface area contributed by atoms with Crippen molar-refractivity contribution in [3.05, 3.63) is 51.1 Å². The van der Waals surface area contributed by atoms with Crippen molar-refractivity contribution >= 4 is 17.6 Å². The summed E-state index contributed by atoms with van der Waals surface area (Å²) >= 11 is 0. The molecule has 1 aromatic rings. The summed E-state index contributed by atoms with van der Waals surface area (Å²) in [5.41, 5.74) is -0.435. The third kappa shape index (κ3) is 3.23. The number of aliphatic hydroxyl groups is 2. The van der Waals surface area contributed by atoms with Crippen molar-refractivity contribution in [3.63, 3.8) is 0 Å². The number of hydrogen-bond donors (Lipinski definition) is 2. The van der Waals surface area contributed by atoms with Crippen LogP contribution in [0.25, 0.3) is 0 Å². The second kappa shape index (κ2) is 7.42. The van der Waals surface area contributed by atoms with E-state index in [1.54, 1.807) is 0 Å². The van der Waals surface area contributed by atoms with Crippen LogP contribution in [-0.4, -0.2) is 52.5 Å². The normalized spacial score (nSPS) is 34.6. The molecule has 2 aliphatic carbocycles. The van der Waals surface area contributed by atoms with Crippen LogP contribution in [0.2, 0.25) is 0 Å². The number of non-ortho nitro benzene ring substituents is 1. The van der Waals surface area contributed by atoms with Gasteiger partial charge in [0.2, 0.25) is 0 Å². The van der Waals surface area contributed by atoms with Crippen molar-refractivity contribution in [1.82, 2.24) is 0 Å². The maximum absolute atomic E-state index is 12.9. The number of cyclic esters (lactones) is 1. The van der Waals surface area contributed by atoms with Crippen LogP contribution < -0.4 is 0 Å². The van der Waals surface area contributed by atoms with E-state index in [2.05, 4.69) is 0 Å². The van der Waals surface area contributed by atoms with Crippen LogP contribution in [0.1, 0.15) is 43.5 Å². The van der Waals surface area contributed by atoms with Crippen molar-refractivity contribution in [2.45, 2.75) is 45.3 Å². The molecule has 5 unspecified atom stereocenters. The van der Waals surface area contributed by atoms with Gasteiger partial charge >= 0.3 is 11.9 Å². The van der Waals surface area contributed by atoms with Gasteiger partial charge in [-0.05, 0) is 41.4 Å². The summed E-state index contributed by atoms with van der Waals surface area (Å²) in [6, 6.07) is 4.97. The molecule has 1 aliphatic heterocycles. The van der Waals surface area contributed by atoms with Crippen LogP contribution in [0.15, 0.2) is 35.4 Å². The third-order valence-electron chi connectivity index (χ3n) is 7.32. The molecule has 0 bridgehead atoms. The lowest BCUT2D eigenvalue weighted by atomic mass is 9.48. The van der Waals surface area contributed by atoms with Crippen molar-refractivity contribution in [3.8, 4) is 0 Å². The Bertz CT molecular complexity index is 970. The number of rotatable bonds is 4. The number of nitrogens with zero attached hydrogens (tertiary/aromatic N) is 1. The summed E-state index contributed by atoms with van der Waals surface area (Å²) in [4.78, 5) is 35.6. The molecule has 31 heavy (non-hydrogen) atoms. The number of nitro benzene ring substituents is 1. The van der Waals surface area contributed by atoms with E-state index in [0.29, 0.717) is 12.8 Å². The summed E-state index contributed by atoms with van der Waals surface area (Å²) < 4.78 is 11.0. The van der Waals surface area contributed by atoms with E-state index in [9.17, 15) is 29.9 Å². The largest absolute Gasteiger partial charge is 0.458 e. The van der Waals surface area contributed by atoms with E-state index < -0.39 is 45.8 Å². The molecule has 1 aromatic carbocycles. The first kappa shape index (κ1) is 21.5. The fourth-order valence-electron chi connectivity index (χ4n) is 5.79. The van der Waals surface area contributed by atoms with Gasteiger partial charge in [-0.25, -0.2) is 9.59 Å². The summed E-state index contributed by atoms with van der Waals surface area (Å²) in [7, 11) is 0. The van der Waals surface area contributed by atoms with Crippen molar-refractivity contribution in [1.29, 1.82) is 0 Å². The summed E-state index contributed by atoms with van der Waals surface area (Å²) in [5.74, 6) is -1.82. The number of hydrogen-bond acceptors (Lipinski definition) is 8. The Morgan fingerprint density at radius 3 is 2.58 bits per heavy atom. The fraction of sp³-hybridized carbons (Fsp3) is 0.545. The summed E-state index contributed by atoms with van der Waals surface area (Å²) in [6.45, 7) is 3.80. The summed E-state index contributed by atoms with van der Waals surface area (Å²) in [6.07, 6.45) is -0.252. The fourth-order valence-corrected chi connectivity index (χ4v) is 5.79. The molecule has 1 heterocycles. The van der Waals surface area contributed by atoms with Crippen molar-refractivity contribution in [2.75, 3.05) is 13.2 Å². The molecular formula is C22H25NO8. The highest BCUT2D eigenvalue weighted by Crippen LogP contribution is 2.61. The quantitative estimate of drug-likeness (QED) is 0.420. The maximum Gasteiger partial charge on any atom is 0.338 e. The molecule has 1 saturated carbocycles. The van der Waals surface area contributed by atoms with E-state index >= 15 is 0 Å². The Labute approximate surface area is 178 Å². The Balaban J connectivity index is 1.73. The molecule has 0 aromatic heterocycles. The molecule has 1 fully saturated rings. The highest BCUT2D eigenvalue weighted by Gasteiger charge is 2.62. The molecule has 0 saturated heterocycles. The highest BCUT2D eigenvalue weighted by molar-refractivity contribution is 5.94. The van der Waals surface area contributed by atoms with E-state index in [-0.39, 0.29) is 30.0 Å². The second-order valence-corrected chi connectivity index (χ2v) is 9.15. The zero-order valence-corrected chi connectivity index (χ0v) is 17.4. The Morgan fingerprint density at radius 1 is 1.29 bits per heavy atom. The van der Waals surface area contributed by atoms with Crippen LogP contribution in [0, 0.1) is 26.9 Å². The molecule has 5 atom stereocenters. The SMILES string of the molecule is CC1(CO)CCCC2(C)C3=C(C(=O)OC3)C(O)C(OC(=O)c3ccc([N+](=O)[O-])cc3)C12. The van der Waals surface area contributed by atoms with E-state index in [4.69, 9.17) is 9.47 Å². The molecule has 0 spiro atoms. The maximum atomic E-state index is 12.9. The molecule has 4 rings (SSSR count). The smallest absolute Gasteiger partial charge is 0.338 e. The van der Waals surface area contributed by atoms with Crippen LogP contribution in [0.3, 0.4) is 0 Å². The first-order valence-corrected chi connectivity index (χ1v) is 10.3. The molecule has 3 aliphatic rings. The van der Waals surface area contributed by atoms with Gasteiger partial charge in [0.05, 0.1) is 16.1 Å². The molecule has 2 N–H and O–H groups in total. The molecule has 166 valence electrons. The van der Waals surface area contributed by atoms with Crippen LogP contribution in [0.5, 0.6) is 0 Å². The standard InChI is InChI=1S/C22H25NO8/c1-21(11-24)8-3-9-22(2)14-10-30-20(27)15(14)16(25)17(18(21)22)31-19(26)12-4-6-13(7-5-12)23(28)29/h4-7,16-18,24-25H,3,8-11H2,1-2H3. The lowest BCUT2D eigenvalue weighted by Gasteiger charge is -2.57. The average molecular weight is 431 g/mol. The highest BCUT2D eigenvalue weighted by atomic mass is 16.6. The number of nitro groups is 1. The number of esters is 2. The molecular weight excluding hydrogens is 406 g/mol. The van der Waals surface area contributed by atoms with Gasteiger partial charge < -0.3 is 19.7 Å². The number of ether oxygens (including phenoxy) is 2. The lowest BCUT2D eigenvalue weighted by Crippen LogP contribution is -2.60. The first-order valence-electron chi connectivity index (χ1n) is 10.3. The van der Waals surface area contributed by atoms with Gasteiger partial charge in [0.25, 0.3) is 5.69 Å². The number of fused-ring (bicyclic) bond motifs is 2. The summed E-state index contributed by atoms with van der Waals surface area (Å²) in [5, 5.41) is 32.2. The van der Waals surface area contributed by atoms with Gasteiger partial charge in [-0.3, -0.25) is 10.1 Å². The first-order chi connectivity index (χ1) is 14.6. The number of carbonyl (C=O) groups is 2. The van der Waals surface area contributed by atoms with Gasteiger partial charge in [0.15, 0.2) is 0 Å². The predicted octanol–water partition coefficient (Wildman–Crippen LogP) is 2.15. The van der Waals surface area contributed by atoms with Gasteiger partial charge in [-0.15, -0.1) is 0 Å². The number of aliphatic hydroxyl groups excluding tert-OH is 2. The average Bonchev–Trinajstić information content (AvgIpc) is 3.14. The third-order valence-corrected chi connectivity index (χ3v) is 7.32. The minimum atomic E-state index is -1.38. The zero-order chi connectivity index (χ0) is 22.6. The van der Waals surface area contributed by atoms with Gasteiger partial charge in [0, 0.05) is 24.7 Å². The zero-order valence-electron chi connectivity index (χ0n) is 17.4. The van der Waals surface area contributed by atoms with Gasteiger partial charge in [0.1, 0.15) is 18.8 Å². The Kier molecular flexibility index (Phi) is 5.13. The van der Waals surface area contributed by atoms with Crippen LogP contribution >= 0.6 is 0 Å². The minimum absolute atomic E-state index is 0.0861. The van der Waals surface area contributed by atoms with Crippen molar-refractivity contribution < 1.29 is 34.2 Å². The van der Waals surface area contributed by atoms with E-state index in [1.165, 1.54) is 24.3 Å². The van der Waals surface area contributed by atoms with Gasteiger partial charge in [-0.2, -0.15) is 0 Å². The molecule has 0 radical (unpaired) electrons. The number of carbonyl (C=O) groups excluding carboxylic acids is 2. The van der Waals surface area contributed by atoms with Gasteiger partial charge in [-0.1, -0.05) is 20.3 Å². The molecule has 9 nitrogen and oxygen atoms in total. The second-order valence-electron chi connectivity index (χ2n) is 9.15.